The van der Waals surface area contributed by atoms with Crippen LogP contribution in [0.25, 0.3) is 0 Å². The molecular weight excluding hydrogens is 318 g/mol. The van der Waals surface area contributed by atoms with Gasteiger partial charge in [0.05, 0.1) is 6.61 Å². The number of benzene rings is 2. The van der Waals surface area contributed by atoms with Crippen LogP contribution in [0.1, 0.15) is 29.5 Å². The summed E-state index contributed by atoms with van der Waals surface area (Å²) in [5, 5.41) is 20.7. The van der Waals surface area contributed by atoms with Crippen molar-refractivity contribution in [3.05, 3.63) is 53.1 Å². The number of aliphatic hydroxyl groups is 1. The summed E-state index contributed by atoms with van der Waals surface area (Å²) in [4.78, 5) is 11.6. The van der Waals surface area contributed by atoms with E-state index in [4.69, 9.17) is 9.84 Å². The van der Waals surface area contributed by atoms with Crippen molar-refractivity contribution in [3.8, 4) is 17.2 Å². The highest BCUT2D eigenvalue weighted by atomic mass is 16.5. The van der Waals surface area contributed by atoms with E-state index in [2.05, 4.69) is 11.4 Å². The number of aliphatic hydroxyl groups excluding tert-OH is 1. The van der Waals surface area contributed by atoms with Crippen molar-refractivity contribution in [3.63, 3.8) is 0 Å². The standard InChI is InChI=1S/C20H25NO4/c1-14-6-7-16(4-3-5-19(24)21-12-13-22)15(2)20(14)25-18-10-8-17(23)9-11-18/h6-11,22-23H,3-5,12-13H2,1-2H3,(H,21,24). The number of hydrogen-bond acceptors (Lipinski definition) is 4. The van der Waals surface area contributed by atoms with Crippen LogP contribution in [0.3, 0.4) is 0 Å². The first-order valence-electron chi connectivity index (χ1n) is 8.44. The molecule has 1 amide bonds. The van der Waals surface area contributed by atoms with Crippen LogP contribution in [0.4, 0.5) is 0 Å². The van der Waals surface area contributed by atoms with Gasteiger partial charge < -0.3 is 20.3 Å². The number of phenolic OH excluding ortho intramolecular Hbond substituents is 1. The van der Waals surface area contributed by atoms with Gasteiger partial charge in [0, 0.05) is 13.0 Å². The number of ether oxygens (including phenoxy) is 1. The maximum absolute atomic E-state index is 11.6. The molecular formula is C20H25NO4. The highest BCUT2D eigenvalue weighted by molar-refractivity contribution is 5.75. The Labute approximate surface area is 148 Å². The van der Waals surface area contributed by atoms with Crippen molar-refractivity contribution >= 4 is 5.91 Å². The maximum Gasteiger partial charge on any atom is 0.220 e. The van der Waals surface area contributed by atoms with Crippen LogP contribution in [0.5, 0.6) is 17.2 Å². The minimum atomic E-state index is -0.0422. The number of nitrogens with one attached hydrogen (secondary N) is 1. The zero-order valence-electron chi connectivity index (χ0n) is 14.7. The zero-order valence-corrected chi connectivity index (χ0v) is 14.7. The summed E-state index contributed by atoms with van der Waals surface area (Å²) in [6.45, 7) is 4.27. The van der Waals surface area contributed by atoms with Gasteiger partial charge in [-0.3, -0.25) is 4.79 Å². The van der Waals surface area contributed by atoms with Gasteiger partial charge in [-0.1, -0.05) is 12.1 Å². The van der Waals surface area contributed by atoms with E-state index in [1.165, 1.54) is 0 Å². The molecule has 0 atom stereocenters. The molecule has 0 aromatic heterocycles. The van der Waals surface area contributed by atoms with Gasteiger partial charge in [-0.05, 0) is 67.6 Å². The molecule has 5 nitrogen and oxygen atoms in total. The van der Waals surface area contributed by atoms with Gasteiger partial charge in [0.1, 0.15) is 17.2 Å². The van der Waals surface area contributed by atoms with Crippen molar-refractivity contribution < 1.29 is 19.7 Å². The molecule has 0 fully saturated rings. The first kappa shape index (κ1) is 18.8. The normalized spacial score (nSPS) is 10.5. The number of phenols is 1. The molecule has 5 heteroatoms. The van der Waals surface area contributed by atoms with Crippen LogP contribution in [0.2, 0.25) is 0 Å². The van der Waals surface area contributed by atoms with Crippen LogP contribution in [-0.2, 0) is 11.2 Å². The number of hydrogen-bond donors (Lipinski definition) is 3. The van der Waals surface area contributed by atoms with Gasteiger partial charge in [0.2, 0.25) is 5.91 Å². The fourth-order valence-corrected chi connectivity index (χ4v) is 2.65. The van der Waals surface area contributed by atoms with Crippen molar-refractivity contribution in [1.82, 2.24) is 5.32 Å². The third-order valence-corrected chi connectivity index (χ3v) is 4.06. The van der Waals surface area contributed by atoms with Crippen molar-refractivity contribution in [2.24, 2.45) is 0 Å². The lowest BCUT2D eigenvalue weighted by molar-refractivity contribution is -0.121. The summed E-state index contributed by atoms with van der Waals surface area (Å²) in [5.41, 5.74) is 3.24. The zero-order chi connectivity index (χ0) is 18.2. The topological polar surface area (TPSA) is 78.8 Å². The first-order chi connectivity index (χ1) is 12.0. The van der Waals surface area contributed by atoms with Gasteiger partial charge in [-0.2, -0.15) is 0 Å². The van der Waals surface area contributed by atoms with E-state index < -0.39 is 0 Å². The summed E-state index contributed by atoms with van der Waals surface area (Å²) in [5.74, 6) is 1.64. The molecule has 25 heavy (non-hydrogen) atoms. The second-order valence-electron chi connectivity index (χ2n) is 6.02. The van der Waals surface area contributed by atoms with Crippen molar-refractivity contribution in [2.75, 3.05) is 13.2 Å². The highest BCUT2D eigenvalue weighted by Gasteiger charge is 2.11. The molecule has 2 aromatic carbocycles. The Kier molecular flexibility index (Phi) is 6.83. The SMILES string of the molecule is Cc1ccc(CCCC(=O)NCCO)c(C)c1Oc1ccc(O)cc1. The number of aromatic hydroxyl groups is 1. The fraction of sp³-hybridized carbons (Fsp3) is 0.350. The molecule has 0 saturated heterocycles. The van der Waals surface area contributed by atoms with Gasteiger partial charge >= 0.3 is 0 Å². The van der Waals surface area contributed by atoms with E-state index in [9.17, 15) is 9.90 Å². The lowest BCUT2D eigenvalue weighted by Crippen LogP contribution is -2.26. The summed E-state index contributed by atoms with van der Waals surface area (Å²) in [6, 6.07) is 10.7. The third-order valence-electron chi connectivity index (χ3n) is 4.06. The summed E-state index contributed by atoms with van der Waals surface area (Å²) in [7, 11) is 0. The number of aryl methyl sites for hydroxylation is 2. The van der Waals surface area contributed by atoms with Crippen LogP contribution < -0.4 is 10.1 Å². The second-order valence-corrected chi connectivity index (χ2v) is 6.02. The molecule has 0 bridgehead atoms. The van der Waals surface area contributed by atoms with E-state index in [0.29, 0.717) is 18.7 Å². The van der Waals surface area contributed by atoms with E-state index in [-0.39, 0.29) is 18.3 Å². The van der Waals surface area contributed by atoms with Gasteiger partial charge in [-0.25, -0.2) is 0 Å². The van der Waals surface area contributed by atoms with E-state index in [1.807, 2.05) is 19.9 Å². The van der Waals surface area contributed by atoms with Crippen molar-refractivity contribution in [2.45, 2.75) is 33.1 Å². The van der Waals surface area contributed by atoms with Crippen LogP contribution >= 0.6 is 0 Å². The molecule has 2 rings (SSSR count). The third kappa shape index (κ3) is 5.50. The molecule has 2 aromatic rings. The Bertz CT molecular complexity index is 710. The quantitative estimate of drug-likeness (QED) is 0.687. The highest BCUT2D eigenvalue weighted by Crippen LogP contribution is 2.32. The van der Waals surface area contributed by atoms with Gasteiger partial charge in [-0.15, -0.1) is 0 Å². The molecule has 0 heterocycles. The average molecular weight is 343 g/mol. The molecule has 0 radical (unpaired) electrons. The molecule has 3 N–H and O–H groups in total. The average Bonchev–Trinajstić information content (AvgIpc) is 2.60. The Balaban J connectivity index is 2.03. The van der Waals surface area contributed by atoms with E-state index >= 15 is 0 Å². The smallest absolute Gasteiger partial charge is 0.220 e. The van der Waals surface area contributed by atoms with Crippen LogP contribution in [-0.4, -0.2) is 29.3 Å². The van der Waals surface area contributed by atoms with Gasteiger partial charge in [0.15, 0.2) is 0 Å². The second kappa shape index (κ2) is 9.08. The Morgan fingerprint density at radius 2 is 1.84 bits per heavy atom. The molecule has 134 valence electrons. The Morgan fingerprint density at radius 3 is 2.52 bits per heavy atom. The molecule has 0 spiro atoms. The predicted molar refractivity (Wildman–Crippen MR) is 97.1 cm³/mol. The molecule has 0 unspecified atom stereocenters. The minimum Gasteiger partial charge on any atom is -0.508 e. The monoisotopic (exact) mass is 343 g/mol. The number of amides is 1. The predicted octanol–water partition coefficient (Wildman–Crippen LogP) is 3.23. The summed E-state index contributed by atoms with van der Waals surface area (Å²) in [6.07, 6.45) is 1.95. The molecule has 0 aliphatic heterocycles. The molecule has 0 aliphatic carbocycles. The largest absolute Gasteiger partial charge is 0.508 e. The van der Waals surface area contributed by atoms with E-state index in [0.717, 1.165) is 35.3 Å². The lowest BCUT2D eigenvalue weighted by atomic mass is 9.99. The first-order valence-corrected chi connectivity index (χ1v) is 8.44. The van der Waals surface area contributed by atoms with E-state index in [1.54, 1.807) is 24.3 Å². The van der Waals surface area contributed by atoms with Crippen LogP contribution in [0, 0.1) is 13.8 Å². The number of carbonyl (C=O) groups is 1. The Hall–Kier alpha value is -2.53. The number of rotatable bonds is 8. The van der Waals surface area contributed by atoms with Crippen LogP contribution in [0.15, 0.2) is 36.4 Å². The summed E-state index contributed by atoms with van der Waals surface area (Å²) < 4.78 is 6.00. The summed E-state index contributed by atoms with van der Waals surface area (Å²) >= 11 is 0. The number of carbonyl (C=O) groups excluding carboxylic acids is 1. The van der Waals surface area contributed by atoms with Crippen molar-refractivity contribution in [1.29, 1.82) is 0 Å². The minimum absolute atomic E-state index is 0.0409. The lowest BCUT2D eigenvalue weighted by Gasteiger charge is -2.15. The molecule has 0 saturated carbocycles. The maximum atomic E-state index is 11.6. The molecule has 0 aliphatic rings. The fourth-order valence-electron chi connectivity index (χ4n) is 2.65. The Morgan fingerprint density at radius 1 is 1.12 bits per heavy atom. The van der Waals surface area contributed by atoms with Gasteiger partial charge in [0.25, 0.3) is 0 Å².